The fourth-order valence-corrected chi connectivity index (χ4v) is 3.24. The highest BCUT2D eigenvalue weighted by Crippen LogP contribution is 2.22. The summed E-state index contributed by atoms with van der Waals surface area (Å²) in [5, 5.41) is 15.2. The lowest BCUT2D eigenvalue weighted by Crippen LogP contribution is -2.26. The summed E-state index contributed by atoms with van der Waals surface area (Å²) in [6.45, 7) is 5.99. The summed E-state index contributed by atoms with van der Waals surface area (Å²) < 4.78 is 3.08. The highest BCUT2D eigenvalue weighted by Gasteiger charge is 2.18. The number of carboxylic acid groups (broad SMARTS) is 1. The van der Waals surface area contributed by atoms with Crippen molar-refractivity contribution >= 4 is 23.1 Å². The van der Waals surface area contributed by atoms with Gasteiger partial charge in [0.15, 0.2) is 5.82 Å². The van der Waals surface area contributed by atoms with Crippen LogP contribution in [0.1, 0.15) is 17.7 Å². The van der Waals surface area contributed by atoms with E-state index in [2.05, 4.69) is 16.7 Å². The van der Waals surface area contributed by atoms with Crippen LogP contribution < -0.4 is 5.56 Å². The molecule has 0 unspecified atom stereocenters. The normalized spacial score (nSPS) is 11.0. The predicted molar refractivity (Wildman–Crippen MR) is 91.5 cm³/mol. The van der Waals surface area contributed by atoms with E-state index in [4.69, 9.17) is 5.11 Å². The molecule has 0 radical (unpaired) electrons. The topological polar surface area (TPSA) is 89.5 Å². The standard InChI is InChI=1S/C16H16N4O3S/c1-3-8-19-10(2)11(6-7-13(21)22)15(23)20-16(19)17-14(18-20)12-5-4-9-24-12/h3-5,9H,1,6-8H2,2H3,(H,21,22). The summed E-state index contributed by atoms with van der Waals surface area (Å²) >= 11 is 1.49. The molecular weight excluding hydrogens is 328 g/mol. The number of carboxylic acids is 1. The number of carbonyl (C=O) groups is 1. The molecule has 0 fully saturated rings. The second kappa shape index (κ2) is 6.40. The van der Waals surface area contributed by atoms with E-state index in [9.17, 15) is 9.59 Å². The van der Waals surface area contributed by atoms with Crippen molar-refractivity contribution in [2.45, 2.75) is 26.3 Å². The molecule has 3 aromatic rings. The average molecular weight is 344 g/mol. The van der Waals surface area contributed by atoms with Crippen molar-refractivity contribution in [3.05, 3.63) is 51.8 Å². The van der Waals surface area contributed by atoms with Gasteiger partial charge in [-0.2, -0.15) is 9.50 Å². The van der Waals surface area contributed by atoms with Crippen LogP contribution in [0.5, 0.6) is 0 Å². The van der Waals surface area contributed by atoms with Crippen molar-refractivity contribution in [2.75, 3.05) is 0 Å². The lowest BCUT2D eigenvalue weighted by Gasteiger charge is -2.13. The monoisotopic (exact) mass is 344 g/mol. The Morgan fingerprint density at radius 3 is 2.92 bits per heavy atom. The molecule has 0 saturated heterocycles. The Hall–Kier alpha value is -2.74. The van der Waals surface area contributed by atoms with Gasteiger partial charge in [0.25, 0.3) is 5.56 Å². The lowest BCUT2D eigenvalue weighted by atomic mass is 10.1. The molecule has 24 heavy (non-hydrogen) atoms. The zero-order valence-corrected chi connectivity index (χ0v) is 13.9. The van der Waals surface area contributed by atoms with Crippen LogP contribution in [0, 0.1) is 6.92 Å². The van der Waals surface area contributed by atoms with Crippen LogP contribution in [0.3, 0.4) is 0 Å². The molecule has 1 N–H and O–H groups in total. The van der Waals surface area contributed by atoms with Crippen LogP contribution >= 0.6 is 11.3 Å². The third-order valence-corrected chi connectivity index (χ3v) is 4.63. The summed E-state index contributed by atoms with van der Waals surface area (Å²) in [6.07, 6.45) is 1.75. The molecule has 7 nitrogen and oxygen atoms in total. The smallest absolute Gasteiger partial charge is 0.303 e. The van der Waals surface area contributed by atoms with Crippen LogP contribution in [-0.4, -0.2) is 30.2 Å². The Labute approximate surface area is 141 Å². The van der Waals surface area contributed by atoms with Gasteiger partial charge in [0.05, 0.1) is 4.88 Å². The van der Waals surface area contributed by atoms with E-state index >= 15 is 0 Å². The first-order valence-corrected chi connectivity index (χ1v) is 8.26. The number of aliphatic carboxylic acids is 1. The summed E-state index contributed by atoms with van der Waals surface area (Å²) in [4.78, 5) is 29.0. The first kappa shape index (κ1) is 16.1. The minimum absolute atomic E-state index is 0.109. The highest BCUT2D eigenvalue weighted by atomic mass is 32.1. The van der Waals surface area contributed by atoms with Crippen LogP contribution in [0.25, 0.3) is 16.5 Å². The van der Waals surface area contributed by atoms with Gasteiger partial charge in [0, 0.05) is 24.2 Å². The molecule has 0 bridgehead atoms. The maximum Gasteiger partial charge on any atom is 0.303 e. The van der Waals surface area contributed by atoms with Gasteiger partial charge in [0.1, 0.15) is 0 Å². The number of hydrogen-bond donors (Lipinski definition) is 1. The van der Waals surface area contributed by atoms with Crippen molar-refractivity contribution in [3.8, 4) is 10.7 Å². The Balaban J connectivity index is 2.24. The number of fused-ring (bicyclic) bond motifs is 1. The van der Waals surface area contributed by atoms with Gasteiger partial charge in [-0.25, -0.2) is 0 Å². The number of hydrogen-bond acceptors (Lipinski definition) is 5. The molecule has 0 aliphatic heterocycles. The summed E-state index contributed by atoms with van der Waals surface area (Å²) in [7, 11) is 0. The molecule has 8 heteroatoms. The fraction of sp³-hybridized carbons (Fsp3) is 0.250. The summed E-state index contributed by atoms with van der Waals surface area (Å²) in [6, 6.07) is 3.78. The molecule has 0 atom stereocenters. The van der Waals surface area contributed by atoms with E-state index in [1.807, 2.05) is 22.1 Å². The van der Waals surface area contributed by atoms with Gasteiger partial charge < -0.3 is 9.67 Å². The molecule has 0 amide bonds. The van der Waals surface area contributed by atoms with Crippen molar-refractivity contribution in [1.82, 2.24) is 19.2 Å². The Bertz CT molecular complexity index is 970. The summed E-state index contributed by atoms with van der Waals surface area (Å²) in [5.41, 5.74) is 0.813. The Kier molecular flexibility index (Phi) is 4.30. The van der Waals surface area contributed by atoms with E-state index in [1.165, 1.54) is 15.9 Å². The molecule has 0 saturated carbocycles. The van der Waals surface area contributed by atoms with Crippen LogP contribution in [0.15, 0.2) is 35.0 Å². The Morgan fingerprint density at radius 1 is 1.50 bits per heavy atom. The van der Waals surface area contributed by atoms with E-state index in [-0.39, 0.29) is 18.4 Å². The van der Waals surface area contributed by atoms with E-state index < -0.39 is 5.97 Å². The van der Waals surface area contributed by atoms with Crippen LogP contribution in [0.4, 0.5) is 0 Å². The third-order valence-electron chi connectivity index (χ3n) is 3.77. The maximum absolute atomic E-state index is 12.7. The molecule has 3 aromatic heterocycles. The number of allylic oxidation sites excluding steroid dienone is 1. The second-order valence-electron chi connectivity index (χ2n) is 5.29. The van der Waals surface area contributed by atoms with Gasteiger partial charge in [-0.1, -0.05) is 12.1 Å². The van der Waals surface area contributed by atoms with E-state index in [0.717, 1.165) is 4.88 Å². The van der Waals surface area contributed by atoms with Gasteiger partial charge in [0.2, 0.25) is 5.78 Å². The second-order valence-corrected chi connectivity index (χ2v) is 6.23. The van der Waals surface area contributed by atoms with E-state index in [1.54, 1.807) is 13.0 Å². The molecule has 3 rings (SSSR count). The predicted octanol–water partition coefficient (Wildman–Crippen LogP) is 2.13. The quantitative estimate of drug-likeness (QED) is 0.692. The molecule has 0 spiro atoms. The first-order valence-electron chi connectivity index (χ1n) is 7.38. The SMILES string of the molecule is C=CCn1c(C)c(CCC(=O)O)c(=O)n2nc(-c3cccs3)nc12. The van der Waals surface area contributed by atoms with E-state index in [0.29, 0.717) is 29.4 Å². The lowest BCUT2D eigenvalue weighted by molar-refractivity contribution is -0.136. The number of nitrogens with zero attached hydrogens (tertiary/aromatic N) is 4. The molecule has 0 aliphatic carbocycles. The molecular formula is C16H16N4O3S. The van der Waals surface area contributed by atoms with Crippen LogP contribution in [-0.2, 0) is 17.8 Å². The zero-order chi connectivity index (χ0) is 17.3. The number of rotatable bonds is 6. The third kappa shape index (κ3) is 2.76. The largest absolute Gasteiger partial charge is 0.481 e. The number of aromatic nitrogens is 4. The van der Waals surface area contributed by atoms with Crippen molar-refractivity contribution < 1.29 is 9.90 Å². The Morgan fingerprint density at radius 2 is 2.29 bits per heavy atom. The van der Waals surface area contributed by atoms with Gasteiger partial charge in [-0.05, 0) is 24.8 Å². The van der Waals surface area contributed by atoms with Crippen molar-refractivity contribution in [3.63, 3.8) is 0 Å². The van der Waals surface area contributed by atoms with Crippen molar-refractivity contribution in [2.24, 2.45) is 0 Å². The molecule has 124 valence electrons. The fourth-order valence-electron chi connectivity index (χ4n) is 2.59. The zero-order valence-electron chi connectivity index (χ0n) is 13.1. The van der Waals surface area contributed by atoms with Gasteiger partial charge in [-0.15, -0.1) is 23.0 Å². The van der Waals surface area contributed by atoms with Gasteiger partial charge in [-0.3, -0.25) is 9.59 Å². The number of thiophene rings is 1. The minimum atomic E-state index is -0.943. The van der Waals surface area contributed by atoms with Gasteiger partial charge >= 0.3 is 5.97 Å². The summed E-state index contributed by atoms with van der Waals surface area (Å²) in [5.74, 6) is -0.0309. The highest BCUT2D eigenvalue weighted by molar-refractivity contribution is 7.13. The first-order chi connectivity index (χ1) is 11.5. The maximum atomic E-state index is 12.7. The minimum Gasteiger partial charge on any atom is -0.481 e. The van der Waals surface area contributed by atoms with Crippen LogP contribution in [0.2, 0.25) is 0 Å². The molecule has 0 aliphatic rings. The van der Waals surface area contributed by atoms with Crippen molar-refractivity contribution in [1.29, 1.82) is 0 Å². The average Bonchev–Trinajstić information content (AvgIpc) is 3.20. The molecule has 3 heterocycles. The molecule has 0 aromatic carbocycles.